The number of amides is 1. The summed E-state index contributed by atoms with van der Waals surface area (Å²) < 4.78 is 30.6. The number of hydrogen-bond donors (Lipinski definition) is 2. The fourth-order valence-electron chi connectivity index (χ4n) is 2.22. The second-order valence-electron chi connectivity index (χ2n) is 5.33. The summed E-state index contributed by atoms with van der Waals surface area (Å²) in [4.78, 5) is 23.8. The van der Waals surface area contributed by atoms with Crippen molar-refractivity contribution in [3.8, 4) is 0 Å². The number of carbonyl (C=O) groups excluding carboxylic acids is 2. The van der Waals surface area contributed by atoms with Crippen LogP contribution in [-0.2, 0) is 19.6 Å². The van der Waals surface area contributed by atoms with Crippen LogP contribution in [-0.4, -0.2) is 62.1 Å². The van der Waals surface area contributed by atoms with Gasteiger partial charge >= 0.3 is 5.97 Å². The summed E-state index contributed by atoms with van der Waals surface area (Å²) in [6, 6.07) is 4.15. The van der Waals surface area contributed by atoms with Crippen molar-refractivity contribution < 1.29 is 27.9 Å². The van der Waals surface area contributed by atoms with Crippen molar-refractivity contribution in [1.82, 2.24) is 9.62 Å². The molecule has 140 valence electrons. The van der Waals surface area contributed by atoms with Crippen molar-refractivity contribution in [2.45, 2.75) is 37.8 Å². The third-order valence-corrected chi connectivity index (χ3v) is 5.75. The maximum Gasteiger partial charge on any atom is 0.331 e. The topological polar surface area (TPSA) is 113 Å². The minimum Gasteiger partial charge on any atom is -0.467 e. The second-order valence-corrected chi connectivity index (χ2v) is 7.27. The number of benzene rings is 1. The lowest BCUT2D eigenvalue weighted by atomic mass is 10.1. The van der Waals surface area contributed by atoms with Crippen LogP contribution in [0.1, 0.15) is 31.1 Å². The van der Waals surface area contributed by atoms with Crippen molar-refractivity contribution in [1.29, 1.82) is 0 Å². The van der Waals surface area contributed by atoms with E-state index in [2.05, 4.69) is 10.1 Å². The van der Waals surface area contributed by atoms with E-state index in [0.29, 0.717) is 13.1 Å². The Morgan fingerprint density at radius 3 is 2.12 bits per heavy atom. The Bertz CT molecular complexity index is 696. The maximum absolute atomic E-state index is 12.4. The van der Waals surface area contributed by atoms with E-state index >= 15 is 0 Å². The molecule has 0 radical (unpaired) electrons. The highest BCUT2D eigenvalue weighted by atomic mass is 32.2. The van der Waals surface area contributed by atoms with Gasteiger partial charge in [0.25, 0.3) is 5.91 Å². The molecule has 2 atom stereocenters. The molecule has 2 N–H and O–H groups in total. The minimum atomic E-state index is -3.61. The van der Waals surface area contributed by atoms with Gasteiger partial charge in [0.2, 0.25) is 10.0 Å². The van der Waals surface area contributed by atoms with Crippen LogP contribution in [0.5, 0.6) is 0 Å². The summed E-state index contributed by atoms with van der Waals surface area (Å²) in [7, 11) is -2.46. The first-order valence-corrected chi connectivity index (χ1v) is 9.29. The average molecular weight is 372 g/mol. The Balaban J connectivity index is 2.99. The molecule has 25 heavy (non-hydrogen) atoms. The van der Waals surface area contributed by atoms with Crippen LogP contribution >= 0.6 is 0 Å². The van der Waals surface area contributed by atoms with Gasteiger partial charge in [0.1, 0.15) is 0 Å². The Hall–Kier alpha value is -1.97. The molecule has 0 saturated carbocycles. The largest absolute Gasteiger partial charge is 0.467 e. The van der Waals surface area contributed by atoms with Crippen molar-refractivity contribution >= 4 is 21.9 Å². The van der Waals surface area contributed by atoms with E-state index in [1.54, 1.807) is 13.8 Å². The average Bonchev–Trinajstić information content (AvgIpc) is 2.59. The van der Waals surface area contributed by atoms with Gasteiger partial charge in [0, 0.05) is 18.7 Å². The Labute approximate surface area is 147 Å². The molecule has 0 heterocycles. The molecule has 1 aromatic rings. The Morgan fingerprint density at radius 2 is 1.72 bits per heavy atom. The standard InChI is InChI=1S/C16H24N2O6S/c1-5-18(6-2)25(22,23)13-9-7-12(8-10-13)15(20)17-14(11(3)19)16(21)24-4/h7-11,14,19H,5-6H2,1-4H3,(H,17,20)/t11-,14-/m1/s1. The molecule has 0 fully saturated rings. The van der Waals surface area contributed by atoms with E-state index in [1.165, 1.54) is 35.5 Å². The lowest BCUT2D eigenvalue weighted by molar-refractivity contribution is -0.145. The first-order chi connectivity index (χ1) is 11.7. The summed E-state index contributed by atoms with van der Waals surface area (Å²) in [5.41, 5.74) is 0.160. The van der Waals surface area contributed by atoms with Crippen LogP contribution < -0.4 is 5.32 Å². The van der Waals surface area contributed by atoms with Crippen LogP contribution in [0.2, 0.25) is 0 Å². The molecule has 0 aliphatic heterocycles. The zero-order valence-corrected chi connectivity index (χ0v) is 15.5. The minimum absolute atomic E-state index is 0.0767. The number of aliphatic hydroxyl groups excluding tert-OH is 1. The van der Waals surface area contributed by atoms with Gasteiger partial charge in [-0.15, -0.1) is 0 Å². The number of nitrogens with zero attached hydrogens (tertiary/aromatic N) is 1. The number of rotatable bonds is 8. The van der Waals surface area contributed by atoms with Crippen LogP contribution in [0.4, 0.5) is 0 Å². The zero-order valence-electron chi connectivity index (χ0n) is 14.7. The molecular weight excluding hydrogens is 348 g/mol. The zero-order chi connectivity index (χ0) is 19.2. The highest BCUT2D eigenvalue weighted by Gasteiger charge is 2.27. The molecule has 0 aromatic heterocycles. The highest BCUT2D eigenvalue weighted by Crippen LogP contribution is 2.16. The van der Waals surface area contributed by atoms with Gasteiger partial charge in [-0.1, -0.05) is 13.8 Å². The third kappa shape index (κ3) is 5.00. The van der Waals surface area contributed by atoms with Crippen molar-refractivity contribution in [2.75, 3.05) is 20.2 Å². The number of carbonyl (C=O) groups is 2. The second kappa shape index (κ2) is 8.93. The highest BCUT2D eigenvalue weighted by molar-refractivity contribution is 7.89. The predicted molar refractivity (Wildman–Crippen MR) is 91.5 cm³/mol. The van der Waals surface area contributed by atoms with Crippen LogP contribution in [0.25, 0.3) is 0 Å². The van der Waals surface area contributed by atoms with E-state index in [1.807, 2.05) is 0 Å². The monoisotopic (exact) mass is 372 g/mol. The van der Waals surface area contributed by atoms with Crippen molar-refractivity contribution in [3.05, 3.63) is 29.8 Å². The van der Waals surface area contributed by atoms with Crippen LogP contribution in [0, 0.1) is 0 Å². The fraction of sp³-hybridized carbons (Fsp3) is 0.500. The predicted octanol–water partition coefficient (Wildman–Crippen LogP) is 0.369. The van der Waals surface area contributed by atoms with Gasteiger partial charge in [-0.25, -0.2) is 13.2 Å². The molecule has 8 nitrogen and oxygen atoms in total. The van der Waals surface area contributed by atoms with Gasteiger partial charge in [-0.05, 0) is 31.2 Å². The number of esters is 1. The Morgan fingerprint density at radius 1 is 1.20 bits per heavy atom. The first kappa shape index (κ1) is 21.1. The van der Waals surface area contributed by atoms with Gasteiger partial charge in [0.05, 0.1) is 18.1 Å². The van der Waals surface area contributed by atoms with Gasteiger partial charge in [-0.2, -0.15) is 4.31 Å². The number of aliphatic hydroxyl groups is 1. The Kier molecular flexibility index (Phi) is 7.53. The van der Waals surface area contributed by atoms with E-state index < -0.39 is 34.0 Å². The molecule has 1 aromatic carbocycles. The lowest BCUT2D eigenvalue weighted by Crippen LogP contribution is -2.48. The molecule has 1 amide bonds. The van der Waals surface area contributed by atoms with Crippen molar-refractivity contribution in [3.63, 3.8) is 0 Å². The molecular formula is C16H24N2O6S. The lowest BCUT2D eigenvalue weighted by Gasteiger charge is -2.20. The number of sulfonamides is 1. The molecule has 0 bridgehead atoms. The van der Waals surface area contributed by atoms with Gasteiger partial charge in [-0.3, -0.25) is 4.79 Å². The summed E-state index contributed by atoms with van der Waals surface area (Å²) in [6.07, 6.45) is -1.14. The molecule has 0 aliphatic carbocycles. The normalized spacial score (nSPS) is 14.0. The molecule has 0 unspecified atom stereocenters. The SMILES string of the molecule is CCN(CC)S(=O)(=O)c1ccc(C(=O)N[C@@H](C(=O)OC)[C@@H](C)O)cc1. The summed E-state index contributed by atoms with van der Waals surface area (Å²) >= 11 is 0. The number of hydrogen-bond acceptors (Lipinski definition) is 6. The third-order valence-electron chi connectivity index (χ3n) is 3.68. The van der Waals surface area contributed by atoms with Crippen LogP contribution in [0.3, 0.4) is 0 Å². The smallest absolute Gasteiger partial charge is 0.331 e. The molecule has 9 heteroatoms. The van der Waals surface area contributed by atoms with Gasteiger partial charge in [0.15, 0.2) is 6.04 Å². The van der Waals surface area contributed by atoms with Crippen LogP contribution in [0.15, 0.2) is 29.2 Å². The summed E-state index contributed by atoms with van der Waals surface area (Å²) in [6.45, 7) is 5.52. The maximum atomic E-state index is 12.4. The summed E-state index contributed by atoms with van der Waals surface area (Å²) in [5.74, 6) is -1.40. The molecule has 0 spiro atoms. The number of methoxy groups -OCH3 is 1. The fourth-order valence-corrected chi connectivity index (χ4v) is 3.68. The number of ether oxygens (including phenoxy) is 1. The van der Waals surface area contributed by atoms with Gasteiger partial charge < -0.3 is 15.2 Å². The van der Waals surface area contributed by atoms with E-state index in [4.69, 9.17) is 0 Å². The van der Waals surface area contributed by atoms with Crippen molar-refractivity contribution in [2.24, 2.45) is 0 Å². The quantitative estimate of drug-likeness (QED) is 0.638. The van der Waals surface area contributed by atoms with E-state index in [9.17, 15) is 23.1 Å². The van der Waals surface area contributed by atoms with E-state index in [-0.39, 0.29) is 10.5 Å². The summed E-state index contributed by atoms with van der Waals surface area (Å²) in [5, 5.41) is 11.9. The number of nitrogens with one attached hydrogen (secondary N) is 1. The van der Waals surface area contributed by atoms with E-state index in [0.717, 1.165) is 7.11 Å². The molecule has 1 rings (SSSR count). The molecule has 0 saturated heterocycles. The molecule has 0 aliphatic rings. The first-order valence-electron chi connectivity index (χ1n) is 7.85.